The van der Waals surface area contributed by atoms with Gasteiger partial charge in [-0.15, -0.1) is 0 Å². The Balaban J connectivity index is 1.32. The number of nitrogens with zero attached hydrogens (tertiary/aromatic N) is 4. The molecule has 0 atom stereocenters. The van der Waals surface area contributed by atoms with E-state index in [0.29, 0.717) is 32.5 Å². The van der Waals surface area contributed by atoms with E-state index in [9.17, 15) is 23.6 Å². The normalized spacial score (nSPS) is 16.1. The molecule has 3 amide bonds. The van der Waals surface area contributed by atoms with Crippen LogP contribution >= 0.6 is 11.6 Å². The molecule has 1 N–H and O–H groups in total. The molecule has 2 aromatic carbocycles. The minimum atomic E-state index is -0.687. The van der Waals surface area contributed by atoms with E-state index in [0.717, 1.165) is 22.2 Å². The van der Waals surface area contributed by atoms with Crippen molar-refractivity contribution >= 4 is 29.2 Å². The number of hydrogen-bond acceptors (Lipinski definition) is 4. The van der Waals surface area contributed by atoms with Crippen LogP contribution in [0.5, 0.6) is 0 Å². The predicted molar refractivity (Wildman–Crippen MR) is 151 cm³/mol. The Bertz CT molecular complexity index is 1580. The molecule has 1 saturated heterocycles. The first-order valence-corrected chi connectivity index (χ1v) is 13.8. The fraction of sp³-hybridized carbons (Fsp3) is 0.379. The first-order valence-electron chi connectivity index (χ1n) is 13.4. The second kappa shape index (κ2) is 11.3. The van der Waals surface area contributed by atoms with E-state index in [1.54, 1.807) is 18.7 Å². The van der Waals surface area contributed by atoms with Crippen molar-refractivity contribution in [2.75, 3.05) is 25.0 Å². The van der Waals surface area contributed by atoms with Crippen LogP contribution in [0.15, 0.2) is 58.3 Å². The van der Waals surface area contributed by atoms with Gasteiger partial charge in [-0.2, -0.15) is 0 Å². The molecule has 1 aromatic heterocycles. The van der Waals surface area contributed by atoms with Crippen molar-refractivity contribution in [1.29, 1.82) is 0 Å². The largest absolute Gasteiger partial charge is 0.341 e. The highest BCUT2D eigenvalue weighted by atomic mass is 35.5. The lowest BCUT2D eigenvalue weighted by atomic mass is 10.0. The number of carbonyl (C=O) groups excluding carboxylic acids is 2. The SMILES string of the molecule is CC(C)n1c(=O)c(-c2cccc(F)c2Cl)cn(CC(=O)N2CCC(N3CCc4ccccc4NC3=O)CC2)c1=O. The summed E-state index contributed by atoms with van der Waals surface area (Å²) in [5.41, 5.74) is 0.890. The maximum atomic E-state index is 14.2. The maximum absolute atomic E-state index is 14.2. The molecule has 3 aromatic rings. The monoisotopic (exact) mass is 567 g/mol. The number of hydrogen-bond donors (Lipinski definition) is 1. The maximum Gasteiger partial charge on any atom is 0.331 e. The number of piperidine rings is 1. The van der Waals surface area contributed by atoms with Gasteiger partial charge in [0.25, 0.3) is 5.56 Å². The molecule has 5 rings (SSSR count). The van der Waals surface area contributed by atoms with Crippen molar-refractivity contribution in [1.82, 2.24) is 18.9 Å². The Labute approximate surface area is 235 Å². The van der Waals surface area contributed by atoms with Crippen molar-refractivity contribution < 1.29 is 14.0 Å². The molecular formula is C29H31ClFN5O4. The summed E-state index contributed by atoms with van der Waals surface area (Å²) in [5.74, 6) is -0.966. The second-order valence-electron chi connectivity index (χ2n) is 10.5. The average Bonchev–Trinajstić information content (AvgIpc) is 3.10. The van der Waals surface area contributed by atoms with Gasteiger partial charge in [0.15, 0.2) is 0 Å². The fourth-order valence-corrected chi connectivity index (χ4v) is 5.73. The highest BCUT2D eigenvalue weighted by Gasteiger charge is 2.31. The lowest BCUT2D eigenvalue weighted by molar-refractivity contribution is -0.133. The number of aromatic nitrogens is 2. The van der Waals surface area contributed by atoms with Crippen LogP contribution < -0.4 is 16.6 Å². The summed E-state index contributed by atoms with van der Waals surface area (Å²) in [6.07, 6.45) is 3.26. The molecule has 40 heavy (non-hydrogen) atoms. The number of nitrogens with one attached hydrogen (secondary N) is 1. The Morgan fingerprint density at radius 2 is 1.75 bits per heavy atom. The number of halogens is 2. The van der Waals surface area contributed by atoms with Gasteiger partial charge in [0, 0.05) is 49.2 Å². The zero-order valence-corrected chi connectivity index (χ0v) is 23.2. The van der Waals surface area contributed by atoms with Crippen molar-refractivity contribution in [3.8, 4) is 11.1 Å². The van der Waals surface area contributed by atoms with E-state index in [2.05, 4.69) is 5.32 Å². The number of rotatable bonds is 5. The highest BCUT2D eigenvalue weighted by molar-refractivity contribution is 6.33. The summed E-state index contributed by atoms with van der Waals surface area (Å²) in [7, 11) is 0. The molecule has 2 aliphatic rings. The van der Waals surface area contributed by atoms with Gasteiger partial charge in [-0.1, -0.05) is 41.9 Å². The molecular weight excluding hydrogens is 537 g/mol. The van der Waals surface area contributed by atoms with Crippen molar-refractivity contribution in [3.05, 3.63) is 85.9 Å². The molecule has 3 heterocycles. The zero-order chi connectivity index (χ0) is 28.6. The van der Waals surface area contributed by atoms with Crippen LogP contribution in [0.25, 0.3) is 11.1 Å². The van der Waals surface area contributed by atoms with Crippen LogP contribution in [0, 0.1) is 5.82 Å². The molecule has 1 fully saturated rings. The Morgan fingerprint density at radius 3 is 2.48 bits per heavy atom. The Hall–Kier alpha value is -3.92. The summed E-state index contributed by atoms with van der Waals surface area (Å²) < 4.78 is 16.4. The van der Waals surface area contributed by atoms with Gasteiger partial charge < -0.3 is 15.1 Å². The van der Waals surface area contributed by atoms with Gasteiger partial charge >= 0.3 is 11.7 Å². The van der Waals surface area contributed by atoms with E-state index < -0.39 is 23.1 Å². The van der Waals surface area contributed by atoms with Crippen molar-refractivity contribution in [3.63, 3.8) is 0 Å². The van der Waals surface area contributed by atoms with Crippen LogP contribution in [0.3, 0.4) is 0 Å². The molecule has 11 heteroatoms. The molecule has 0 unspecified atom stereocenters. The third-order valence-electron chi connectivity index (χ3n) is 7.65. The summed E-state index contributed by atoms with van der Waals surface area (Å²) in [6, 6.07) is 11.3. The quantitative estimate of drug-likeness (QED) is 0.501. The molecule has 210 valence electrons. The number of anilines is 1. The van der Waals surface area contributed by atoms with Crippen LogP contribution in [0.1, 0.15) is 38.3 Å². The van der Waals surface area contributed by atoms with E-state index in [1.165, 1.54) is 29.0 Å². The summed E-state index contributed by atoms with van der Waals surface area (Å²) in [4.78, 5) is 56.1. The molecule has 0 aliphatic carbocycles. The number of carbonyl (C=O) groups is 2. The first kappa shape index (κ1) is 27.6. The van der Waals surface area contributed by atoms with Gasteiger partial charge in [0.2, 0.25) is 5.91 Å². The highest BCUT2D eigenvalue weighted by Crippen LogP contribution is 2.28. The van der Waals surface area contributed by atoms with Crippen LogP contribution in [0.4, 0.5) is 14.9 Å². The average molecular weight is 568 g/mol. The molecule has 0 radical (unpaired) electrons. The second-order valence-corrected chi connectivity index (χ2v) is 10.8. The van der Waals surface area contributed by atoms with Gasteiger partial charge in [0.1, 0.15) is 12.4 Å². The number of amides is 3. The third-order valence-corrected chi connectivity index (χ3v) is 8.03. The molecule has 0 spiro atoms. The summed E-state index contributed by atoms with van der Waals surface area (Å²) >= 11 is 6.16. The molecule has 0 bridgehead atoms. The minimum Gasteiger partial charge on any atom is -0.341 e. The van der Waals surface area contributed by atoms with Crippen LogP contribution in [-0.4, -0.2) is 56.5 Å². The Morgan fingerprint density at radius 1 is 1.02 bits per heavy atom. The Kier molecular flexibility index (Phi) is 7.80. The predicted octanol–water partition coefficient (Wildman–Crippen LogP) is 4.13. The minimum absolute atomic E-state index is 0.00866. The summed E-state index contributed by atoms with van der Waals surface area (Å²) in [6.45, 7) is 4.56. The fourth-order valence-electron chi connectivity index (χ4n) is 5.50. The van der Waals surface area contributed by atoms with E-state index in [1.807, 2.05) is 29.2 Å². The number of para-hydroxylation sites is 1. The lowest BCUT2D eigenvalue weighted by Crippen LogP contribution is -2.51. The molecule has 0 saturated carbocycles. The molecule has 2 aliphatic heterocycles. The smallest absolute Gasteiger partial charge is 0.331 e. The number of fused-ring (bicyclic) bond motifs is 1. The van der Waals surface area contributed by atoms with Gasteiger partial charge in [0.05, 0.1) is 10.6 Å². The van der Waals surface area contributed by atoms with E-state index in [4.69, 9.17) is 11.6 Å². The van der Waals surface area contributed by atoms with Gasteiger partial charge in [-0.05, 0) is 50.8 Å². The summed E-state index contributed by atoms with van der Waals surface area (Å²) in [5, 5.41) is 2.77. The standard InChI is InChI=1S/C29H31ClFN5O4/c1-18(2)36-27(38)22(21-7-5-8-23(31)26(21)30)16-34(29(36)40)17-25(37)33-13-11-20(12-14-33)35-15-10-19-6-3-4-9-24(19)32-28(35)39/h3-9,16,18,20H,10-15,17H2,1-2H3,(H,32,39). The van der Waals surface area contributed by atoms with Gasteiger partial charge in [-0.25, -0.2) is 14.0 Å². The lowest BCUT2D eigenvalue weighted by Gasteiger charge is -2.38. The first-order chi connectivity index (χ1) is 19.2. The van der Waals surface area contributed by atoms with Crippen LogP contribution in [0.2, 0.25) is 5.02 Å². The van der Waals surface area contributed by atoms with Crippen LogP contribution in [-0.2, 0) is 17.8 Å². The topological polar surface area (TPSA) is 96.7 Å². The van der Waals surface area contributed by atoms with E-state index >= 15 is 0 Å². The zero-order valence-electron chi connectivity index (χ0n) is 22.4. The van der Waals surface area contributed by atoms with Crippen molar-refractivity contribution in [2.24, 2.45) is 0 Å². The number of benzene rings is 2. The van der Waals surface area contributed by atoms with Crippen molar-refractivity contribution in [2.45, 2.75) is 51.7 Å². The van der Waals surface area contributed by atoms with E-state index in [-0.39, 0.29) is 40.7 Å². The van der Waals surface area contributed by atoms with Gasteiger partial charge in [-0.3, -0.25) is 18.7 Å². The number of urea groups is 1. The molecule has 9 nitrogen and oxygen atoms in total. The third kappa shape index (κ3) is 5.28. The number of likely N-dealkylation sites (tertiary alicyclic amines) is 1.